The Morgan fingerprint density at radius 3 is 2.52 bits per heavy atom. The molecule has 2 aromatic carbocycles. The van der Waals surface area contributed by atoms with E-state index in [1.165, 1.54) is 0 Å². The molecule has 1 fully saturated rings. The first-order chi connectivity index (χ1) is 15.1. The Kier molecular flexibility index (Phi) is 6.77. The third-order valence-corrected chi connectivity index (χ3v) is 6.30. The summed E-state index contributed by atoms with van der Waals surface area (Å²) in [6, 6.07) is 17.0. The van der Waals surface area contributed by atoms with Gasteiger partial charge in [-0.1, -0.05) is 42.5 Å². The van der Waals surface area contributed by atoms with Gasteiger partial charge >= 0.3 is 0 Å². The molecule has 0 bridgehead atoms. The SMILES string of the molecule is O=C(N[C@H](CO)Cc1ccccc1)C1CCC(Cn2cnc3ccccc3c2=O)CC1. The zero-order valence-electron chi connectivity index (χ0n) is 17.6. The van der Waals surface area contributed by atoms with E-state index >= 15 is 0 Å². The highest BCUT2D eigenvalue weighted by Gasteiger charge is 2.28. The van der Waals surface area contributed by atoms with Crippen molar-refractivity contribution >= 4 is 16.8 Å². The first kappa shape index (κ1) is 21.2. The molecule has 1 aromatic heterocycles. The van der Waals surface area contributed by atoms with Crippen LogP contribution in [-0.4, -0.2) is 33.2 Å². The van der Waals surface area contributed by atoms with Crippen LogP contribution in [0, 0.1) is 11.8 Å². The Hall–Kier alpha value is -2.99. The molecular formula is C25H29N3O3. The molecule has 0 unspecified atom stereocenters. The molecule has 3 aromatic rings. The first-order valence-corrected chi connectivity index (χ1v) is 11.0. The highest BCUT2D eigenvalue weighted by molar-refractivity contribution is 5.79. The maximum absolute atomic E-state index is 12.7. The van der Waals surface area contributed by atoms with Crippen molar-refractivity contribution in [3.05, 3.63) is 76.8 Å². The van der Waals surface area contributed by atoms with Crippen LogP contribution in [0.1, 0.15) is 31.2 Å². The molecule has 1 aliphatic rings. The van der Waals surface area contributed by atoms with E-state index in [9.17, 15) is 14.7 Å². The summed E-state index contributed by atoms with van der Waals surface area (Å²) in [5.74, 6) is 0.355. The zero-order valence-corrected chi connectivity index (χ0v) is 17.6. The fourth-order valence-electron chi connectivity index (χ4n) is 4.50. The number of aromatic nitrogens is 2. The van der Waals surface area contributed by atoms with E-state index in [1.807, 2.05) is 54.6 Å². The molecule has 162 valence electrons. The van der Waals surface area contributed by atoms with Crippen LogP contribution < -0.4 is 10.9 Å². The molecule has 1 aliphatic carbocycles. The molecule has 0 aliphatic heterocycles. The fraction of sp³-hybridized carbons (Fsp3) is 0.400. The Morgan fingerprint density at radius 1 is 1.06 bits per heavy atom. The van der Waals surface area contributed by atoms with Crippen LogP contribution in [0.5, 0.6) is 0 Å². The minimum absolute atomic E-state index is 0.00262. The number of rotatable bonds is 7. The van der Waals surface area contributed by atoms with Gasteiger partial charge in [0, 0.05) is 12.5 Å². The maximum Gasteiger partial charge on any atom is 0.261 e. The van der Waals surface area contributed by atoms with E-state index in [0.29, 0.717) is 24.3 Å². The smallest absolute Gasteiger partial charge is 0.261 e. The zero-order chi connectivity index (χ0) is 21.6. The van der Waals surface area contributed by atoms with E-state index in [4.69, 9.17) is 0 Å². The van der Waals surface area contributed by atoms with E-state index in [2.05, 4.69) is 10.3 Å². The van der Waals surface area contributed by atoms with E-state index in [0.717, 1.165) is 36.8 Å². The second kappa shape index (κ2) is 9.88. The molecule has 1 heterocycles. The van der Waals surface area contributed by atoms with Crippen molar-refractivity contribution in [2.45, 2.75) is 44.7 Å². The summed E-state index contributed by atoms with van der Waals surface area (Å²) in [5, 5.41) is 13.4. The van der Waals surface area contributed by atoms with Crippen molar-refractivity contribution in [3.63, 3.8) is 0 Å². The average molecular weight is 420 g/mol. The van der Waals surface area contributed by atoms with Crippen LogP contribution >= 0.6 is 0 Å². The van der Waals surface area contributed by atoms with Gasteiger partial charge in [-0.25, -0.2) is 4.98 Å². The molecule has 0 saturated heterocycles. The number of fused-ring (bicyclic) bond motifs is 1. The predicted octanol–water partition coefficient (Wildman–Crippen LogP) is 2.92. The molecule has 6 heteroatoms. The Balaban J connectivity index is 1.30. The number of carbonyl (C=O) groups is 1. The van der Waals surface area contributed by atoms with Gasteiger partial charge in [0.25, 0.3) is 5.56 Å². The largest absolute Gasteiger partial charge is 0.394 e. The lowest BCUT2D eigenvalue weighted by atomic mass is 9.81. The van der Waals surface area contributed by atoms with Crippen molar-refractivity contribution in [1.82, 2.24) is 14.9 Å². The first-order valence-electron chi connectivity index (χ1n) is 11.0. The lowest BCUT2D eigenvalue weighted by molar-refractivity contribution is -0.127. The summed E-state index contributed by atoms with van der Waals surface area (Å²) in [7, 11) is 0. The topological polar surface area (TPSA) is 84.2 Å². The van der Waals surface area contributed by atoms with Crippen LogP contribution in [-0.2, 0) is 17.8 Å². The molecule has 1 saturated carbocycles. The van der Waals surface area contributed by atoms with Gasteiger partial charge < -0.3 is 10.4 Å². The lowest BCUT2D eigenvalue weighted by Crippen LogP contribution is -2.43. The number of amides is 1. The molecule has 2 N–H and O–H groups in total. The Bertz CT molecular complexity index is 1070. The molecule has 1 atom stereocenters. The van der Waals surface area contributed by atoms with Gasteiger partial charge in [-0.3, -0.25) is 14.2 Å². The third-order valence-electron chi connectivity index (χ3n) is 6.30. The number of hydrogen-bond donors (Lipinski definition) is 2. The van der Waals surface area contributed by atoms with Crippen LogP contribution in [0.2, 0.25) is 0 Å². The lowest BCUT2D eigenvalue weighted by Gasteiger charge is -2.29. The number of aliphatic hydroxyl groups excluding tert-OH is 1. The summed E-state index contributed by atoms with van der Waals surface area (Å²) in [5.41, 5.74) is 1.82. The van der Waals surface area contributed by atoms with Crippen LogP contribution in [0.4, 0.5) is 0 Å². The molecule has 0 spiro atoms. The number of nitrogens with one attached hydrogen (secondary N) is 1. The molecule has 0 radical (unpaired) electrons. The van der Waals surface area contributed by atoms with Crippen molar-refractivity contribution < 1.29 is 9.90 Å². The van der Waals surface area contributed by atoms with Gasteiger partial charge in [-0.05, 0) is 55.7 Å². The number of benzene rings is 2. The van der Waals surface area contributed by atoms with E-state index in [1.54, 1.807) is 10.9 Å². The molecule has 6 nitrogen and oxygen atoms in total. The van der Waals surface area contributed by atoms with E-state index in [-0.39, 0.29) is 30.0 Å². The summed E-state index contributed by atoms with van der Waals surface area (Å²) in [6.07, 6.45) is 5.67. The van der Waals surface area contributed by atoms with Crippen LogP contribution in [0.3, 0.4) is 0 Å². The minimum atomic E-state index is -0.269. The van der Waals surface area contributed by atoms with Gasteiger partial charge in [0.05, 0.1) is 29.9 Å². The predicted molar refractivity (Wildman–Crippen MR) is 121 cm³/mol. The van der Waals surface area contributed by atoms with Crippen molar-refractivity contribution in [3.8, 4) is 0 Å². The standard InChI is InChI=1S/C25H29N3O3/c29-16-21(14-18-6-2-1-3-7-18)27-24(30)20-12-10-19(11-13-20)15-28-17-26-23-9-5-4-8-22(23)25(28)31/h1-9,17,19-21,29H,10-16H2,(H,27,30)/t19?,20?,21-/m0/s1. The van der Waals surface area contributed by atoms with Gasteiger partial charge in [0.15, 0.2) is 0 Å². The second-order valence-electron chi connectivity index (χ2n) is 8.51. The highest BCUT2D eigenvalue weighted by Crippen LogP contribution is 2.30. The fourth-order valence-corrected chi connectivity index (χ4v) is 4.50. The Labute approximate surface area is 181 Å². The van der Waals surface area contributed by atoms with Gasteiger partial charge in [-0.15, -0.1) is 0 Å². The summed E-state index contributed by atoms with van der Waals surface area (Å²) in [4.78, 5) is 29.9. The normalized spacial score (nSPS) is 19.8. The highest BCUT2D eigenvalue weighted by atomic mass is 16.3. The van der Waals surface area contributed by atoms with Crippen LogP contribution in [0.15, 0.2) is 65.7 Å². The summed E-state index contributed by atoms with van der Waals surface area (Å²) < 4.78 is 1.70. The molecular weight excluding hydrogens is 390 g/mol. The van der Waals surface area contributed by atoms with Crippen molar-refractivity contribution in [2.75, 3.05) is 6.61 Å². The second-order valence-corrected chi connectivity index (χ2v) is 8.51. The third kappa shape index (κ3) is 5.20. The molecule has 31 heavy (non-hydrogen) atoms. The van der Waals surface area contributed by atoms with Gasteiger partial charge in [0.2, 0.25) is 5.91 Å². The van der Waals surface area contributed by atoms with Crippen molar-refractivity contribution in [1.29, 1.82) is 0 Å². The van der Waals surface area contributed by atoms with E-state index < -0.39 is 0 Å². The summed E-state index contributed by atoms with van der Waals surface area (Å²) >= 11 is 0. The van der Waals surface area contributed by atoms with Gasteiger partial charge in [0.1, 0.15) is 0 Å². The van der Waals surface area contributed by atoms with Gasteiger partial charge in [-0.2, -0.15) is 0 Å². The monoisotopic (exact) mass is 419 g/mol. The summed E-state index contributed by atoms with van der Waals surface area (Å²) in [6.45, 7) is 0.562. The van der Waals surface area contributed by atoms with Crippen LogP contribution in [0.25, 0.3) is 10.9 Å². The van der Waals surface area contributed by atoms with Crippen molar-refractivity contribution in [2.24, 2.45) is 11.8 Å². The average Bonchev–Trinajstić information content (AvgIpc) is 2.81. The molecule has 1 amide bonds. The Morgan fingerprint density at radius 2 is 1.77 bits per heavy atom. The number of nitrogens with zero attached hydrogens (tertiary/aromatic N) is 2. The number of hydrogen-bond acceptors (Lipinski definition) is 4. The number of para-hydroxylation sites is 1. The quantitative estimate of drug-likeness (QED) is 0.617. The molecule has 4 rings (SSSR count). The minimum Gasteiger partial charge on any atom is -0.394 e. The maximum atomic E-state index is 12.7. The number of carbonyl (C=O) groups excluding carboxylic acids is 1. The number of aliphatic hydroxyl groups is 1.